The Morgan fingerprint density at radius 2 is 0.868 bits per heavy atom. The van der Waals surface area contributed by atoms with Gasteiger partial charge in [-0.25, -0.2) is 9.97 Å². The van der Waals surface area contributed by atoms with Crippen molar-refractivity contribution in [1.29, 1.82) is 0 Å². The van der Waals surface area contributed by atoms with Crippen LogP contribution < -0.4 is 0 Å². The minimum Gasteiger partial charge on any atom is -0.309 e. The number of aromatic nitrogens is 3. The molecule has 0 aliphatic heterocycles. The molecular weight excluding hydrogens is 643 g/mol. The third-order valence-electron chi connectivity index (χ3n) is 10.7. The van der Waals surface area contributed by atoms with Crippen molar-refractivity contribution in [1.82, 2.24) is 14.5 Å². The molecule has 0 spiro atoms. The van der Waals surface area contributed by atoms with Gasteiger partial charge >= 0.3 is 0 Å². The maximum Gasteiger partial charge on any atom is 0.160 e. The van der Waals surface area contributed by atoms with Crippen LogP contribution in [0.4, 0.5) is 0 Å². The van der Waals surface area contributed by atoms with Crippen molar-refractivity contribution >= 4 is 64.9 Å². The van der Waals surface area contributed by atoms with Gasteiger partial charge in [0.15, 0.2) is 5.82 Å². The zero-order valence-corrected chi connectivity index (χ0v) is 28.7. The summed E-state index contributed by atoms with van der Waals surface area (Å²) in [7, 11) is 0. The average molecular weight is 674 g/mol. The molecule has 0 atom stereocenters. The number of benzene rings is 9. The van der Waals surface area contributed by atoms with E-state index < -0.39 is 0 Å². The van der Waals surface area contributed by atoms with Gasteiger partial charge in [-0.2, -0.15) is 0 Å². The number of nitrogens with zero attached hydrogens (tertiary/aromatic N) is 3. The van der Waals surface area contributed by atoms with Crippen LogP contribution in [-0.2, 0) is 0 Å². The van der Waals surface area contributed by atoms with Gasteiger partial charge < -0.3 is 4.57 Å². The number of para-hydroxylation sites is 1. The van der Waals surface area contributed by atoms with Gasteiger partial charge in [-0.05, 0) is 80.2 Å². The first-order valence-corrected chi connectivity index (χ1v) is 18.1. The number of hydrogen-bond donors (Lipinski definition) is 0. The van der Waals surface area contributed by atoms with Crippen LogP contribution in [0.3, 0.4) is 0 Å². The van der Waals surface area contributed by atoms with Gasteiger partial charge in [-0.15, -0.1) is 0 Å². The largest absolute Gasteiger partial charge is 0.309 e. The van der Waals surface area contributed by atoms with E-state index in [-0.39, 0.29) is 0 Å². The molecule has 0 bridgehead atoms. The molecule has 0 amide bonds. The fourth-order valence-electron chi connectivity index (χ4n) is 8.16. The summed E-state index contributed by atoms with van der Waals surface area (Å²) in [6.45, 7) is 0. The Bertz CT molecular complexity index is 3150. The van der Waals surface area contributed by atoms with Crippen molar-refractivity contribution < 1.29 is 0 Å². The fourth-order valence-corrected chi connectivity index (χ4v) is 8.16. The summed E-state index contributed by atoms with van der Waals surface area (Å²) in [5, 5.41) is 12.0. The second-order valence-corrected chi connectivity index (χ2v) is 13.8. The Kier molecular flexibility index (Phi) is 6.55. The Morgan fingerprint density at radius 3 is 1.60 bits per heavy atom. The minimum atomic E-state index is 0.707. The third-order valence-corrected chi connectivity index (χ3v) is 10.7. The summed E-state index contributed by atoms with van der Waals surface area (Å²) >= 11 is 0. The first-order chi connectivity index (χ1) is 26.2. The highest BCUT2D eigenvalue weighted by molar-refractivity contribution is 6.15. The molecule has 0 N–H and O–H groups in total. The van der Waals surface area contributed by atoms with Crippen molar-refractivity contribution in [3.05, 3.63) is 188 Å². The van der Waals surface area contributed by atoms with E-state index in [9.17, 15) is 0 Å². The highest BCUT2D eigenvalue weighted by Crippen LogP contribution is 2.40. The van der Waals surface area contributed by atoms with Crippen molar-refractivity contribution in [2.45, 2.75) is 0 Å². The molecule has 0 radical (unpaired) electrons. The van der Waals surface area contributed by atoms with Crippen molar-refractivity contribution in [2.24, 2.45) is 0 Å². The molecule has 0 aliphatic carbocycles. The van der Waals surface area contributed by atoms with E-state index >= 15 is 0 Å². The normalized spacial score (nSPS) is 11.8. The Morgan fingerprint density at radius 1 is 0.321 bits per heavy atom. The molecule has 0 unspecified atom stereocenters. The van der Waals surface area contributed by atoms with E-state index in [1.165, 1.54) is 59.5 Å². The summed E-state index contributed by atoms with van der Waals surface area (Å²) in [6, 6.07) is 67.5. The highest BCUT2D eigenvalue weighted by atomic mass is 15.0. The van der Waals surface area contributed by atoms with Gasteiger partial charge in [0.25, 0.3) is 0 Å². The van der Waals surface area contributed by atoms with Crippen LogP contribution in [0.5, 0.6) is 0 Å². The Hall–Kier alpha value is -7.10. The summed E-state index contributed by atoms with van der Waals surface area (Å²) in [5.41, 5.74) is 8.44. The summed E-state index contributed by atoms with van der Waals surface area (Å²) in [4.78, 5) is 10.6. The van der Waals surface area contributed by atoms with Crippen LogP contribution >= 0.6 is 0 Å². The van der Waals surface area contributed by atoms with Gasteiger partial charge in [-0.3, -0.25) is 0 Å². The zero-order chi connectivity index (χ0) is 34.9. The summed E-state index contributed by atoms with van der Waals surface area (Å²) in [6.07, 6.45) is 0. The fraction of sp³-hybridized carbons (Fsp3) is 0. The van der Waals surface area contributed by atoms with Crippen molar-refractivity contribution in [2.75, 3.05) is 0 Å². The first kappa shape index (κ1) is 29.6. The lowest BCUT2D eigenvalue weighted by Crippen LogP contribution is -1.99. The Balaban J connectivity index is 1.16. The topological polar surface area (TPSA) is 30.7 Å². The van der Waals surface area contributed by atoms with E-state index in [0.717, 1.165) is 39.2 Å². The lowest BCUT2D eigenvalue weighted by atomic mass is 9.98. The molecule has 0 fully saturated rings. The van der Waals surface area contributed by atoms with E-state index in [2.05, 4.69) is 193 Å². The van der Waals surface area contributed by atoms with E-state index in [4.69, 9.17) is 9.97 Å². The molecule has 11 rings (SSSR count). The monoisotopic (exact) mass is 673 g/mol. The molecule has 3 heteroatoms. The molecule has 2 aromatic heterocycles. The van der Waals surface area contributed by atoms with Crippen molar-refractivity contribution in [3.8, 4) is 39.6 Å². The van der Waals surface area contributed by atoms with Crippen LogP contribution in [-0.4, -0.2) is 14.5 Å². The zero-order valence-electron chi connectivity index (χ0n) is 28.7. The second-order valence-electron chi connectivity index (χ2n) is 13.8. The molecular formula is C50H31N3. The SMILES string of the molecule is c1ccc2cc(-c3cc(-c4ccc(-n5c6ccccc6c6cc7ccccc7cc65)c5ccccc45)nc(-c4ccc5ccccc5c4)n3)ccc2c1. The van der Waals surface area contributed by atoms with E-state index in [1.54, 1.807) is 0 Å². The smallest absolute Gasteiger partial charge is 0.160 e. The number of fused-ring (bicyclic) bond motifs is 7. The number of rotatable bonds is 4. The summed E-state index contributed by atoms with van der Waals surface area (Å²) in [5.74, 6) is 0.707. The van der Waals surface area contributed by atoms with Gasteiger partial charge in [-0.1, -0.05) is 146 Å². The summed E-state index contributed by atoms with van der Waals surface area (Å²) < 4.78 is 2.43. The minimum absolute atomic E-state index is 0.707. The molecule has 9 aromatic carbocycles. The van der Waals surface area contributed by atoms with E-state index in [0.29, 0.717) is 5.82 Å². The highest BCUT2D eigenvalue weighted by Gasteiger charge is 2.18. The molecule has 53 heavy (non-hydrogen) atoms. The quantitative estimate of drug-likeness (QED) is 0.186. The Labute approximate surface area is 306 Å². The maximum absolute atomic E-state index is 5.33. The molecule has 0 aliphatic rings. The molecule has 0 saturated carbocycles. The third kappa shape index (κ3) is 4.82. The standard InChI is InChI=1S/C50H31N3/c1-3-13-34-27-38(23-21-32(34)11-1)45-31-46(52-50(51-45)39-24-22-33-12-2-4-14-35(33)28-39)41-25-26-48(42-18-8-7-17-40(41)42)53-47-20-10-9-19-43(47)44-29-36-15-5-6-16-37(36)30-49(44)53/h1-31H. The number of hydrogen-bond acceptors (Lipinski definition) is 2. The molecule has 2 heterocycles. The van der Waals surface area contributed by atoms with Crippen LogP contribution in [0.25, 0.3) is 104 Å². The average Bonchev–Trinajstić information content (AvgIpc) is 3.54. The van der Waals surface area contributed by atoms with Crippen LogP contribution in [0, 0.1) is 0 Å². The van der Waals surface area contributed by atoms with Gasteiger partial charge in [0.1, 0.15) is 0 Å². The van der Waals surface area contributed by atoms with Crippen LogP contribution in [0.2, 0.25) is 0 Å². The van der Waals surface area contributed by atoms with Crippen LogP contribution in [0.1, 0.15) is 0 Å². The maximum atomic E-state index is 5.33. The lowest BCUT2D eigenvalue weighted by molar-refractivity contribution is 1.18. The van der Waals surface area contributed by atoms with Gasteiger partial charge in [0, 0.05) is 32.8 Å². The first-order valence-electron chi connectivity index (χ1n) is 18.1. The van der Waals surface area contributed by atoms with Crippen LogP contribution in [0.15, 0.2) is 188 Å². The molecule has 3 nitrogen and oxygen atoms in total. The predicted octanol–water partition coefficient (Wildman–Crippen LogP) is 13.2. The predicted molar refractivity (Wildman–Crippen MR) is 223 cm³/mol. The second kappa shape index (κ2) is 11.7. The molecule has 0 saturated heterocycles. The van der Waals surface area contributed by atoms with Crippen molar-refractivity contribution in [3.63, 3.8) is 0 Å². The van der Waals surface area contributed by atoms with Gasteiger partial charge in [0.05, 0.1) is 28.1 Å². The molecule has 11 aromatic rings. The molecule has 246 valence electrons. The lowest BCUT2D eigenvalue weighted by Gasteiger charge is -2.16. The van der Waals surface area contributed by atoms with Gasteiger partial charge in [0.2, 0.25) is 0 Å². The van der Waals surface area contributed by atoms with E-state index in [1.807, 2.05) is 0 Å².